The van der Waals surface area contributed by atoms with Crippen LogP contribution in [0.4, 0.5) is 10.6 Å². The number of piperidine rings is 2. The number of hydrogen-bond donors (Lipinski definition) is 1. The van der Waals surface area contributed by atoms with Crippen molar-refractivity contribution in [3.05, 3.63) is 17.8 Å². The quantitative estimate of drug-likeness (QED) is 0.557. The Morgan fingerprint density at radius 1 is 1.14 bits per heavy atom. The Morgan fingerprint density at radius 3 is 2.42 bits per heavy atom. The summed E-state index contributed by atoms with van der Waals surface area (Å²) >= 11 is 0. The summed E-state index contributed by atoms with van der Waals surface area (Å²) in [4.78, 5) is 44.2. The first-order valence-electron chi connectivity index (χ1n) is 13.0. The number of nitrogens with one attached hydrogen (secondary N) is 1. The smallest absolute Gasteiger partial charge is 0.409 e. The Labute approximate surface area is 212 Å². The molecule has 2 fully saturated rings. The van der Waals surface area contributed by atoms with Crippen molar-refractivity contribution >= 4 is 35.1 Å². The third-order valence-corrected chi connectivity index (χ3v) is 7.82. The zero-order valence-corrected chi connectivity index (χ0v) is 21.6. The normalized spacial score (nSPS) is 18.3. The average molecular weight is 499 g/mol. The fourth-order valence-corrected chi connectivity index (χ4v) is 5.73. The number of aryl methyl sites for hydroxylation is 1. The van der Waals surface area contributed by atoms with Gasteiger partial charge in [0.2, 0.25) is 5.91 Å². The van der Waals surface area contributed by atoms with Gasteiger partial charge in [0, 0.05) is 52.1 Å². The van der Waals surface area contributed by atoms with Gasteiger partial charge in [0.15, 0.2) is 5.65 Å². The van der Waals surface area contributed by atoms with E-state index in [1.165, 1.54) is 13.5 Å². The van der Waals surface area contributed by atoms with Crippen LogP contribution in [0.25, 0.3) is 11.0 Å². The second-order valence-corrected chi connectivity index (χ2v) is 10.0. The van der Waals surface area contributed by atoms with Gasteiger partial charge in [-0.1, -0.05) is 0 Å². The maximum absolute atomic E-state index is 12.5. The Morgan fingerprint density at radius 2 is 1.81 bits per heavy atom. The van der Waals surface area contributed by atoms with Crippen LogP contribution in [-0.4, -0.2) is 78.3 Å². The molecular weight excluding hydrogens is 460 g/mol. The number of anilines is 1. The van der Waals surface area contributed by atoms with Crippen molar-refractivity contribution in [2.45, 2.75) is 50.9 Å². The number of hydrogen-bond acceptors (Lipinski definition) is 7. The van der Waals surface area contributed by atoms with Gasteiger partial charge in [-0.3, -0.25) is 9.48 Å². The number of fused-ring (bicyclic) bond motifs is 1. The lowest BCUT2D eigenvalue weighted by atomic mass is 9.83. The van der Waals surface area contributed by atoms with Crippen molar-refractivity contribution in [2.75, 3.05) is 45.2 Å². The van der Waals surface area contributed by atoms with E-state index in [4.69, 9.17) is 9.72 Å². The summed E-state index contributed by atoms with van der Waals surface area (Å²) in [6.45, 7) is 3.52. The number of nitrogens with zero attached hydrogens (tertiary/aromatic N) is 5. The minimum absolute atomic E-state index is 0.140. The van der Waals surface area contributed by atoms with Crippen molar-refractivity contribution in [3.8, 4) is 0 Å². The van der Waals surface area contributed by atoms with E-state index in [9.17, 15) is 14.4 Å². The number of likely N-dealkylation sites (N-methyl/N-ethyl adjacent to an activating group) is 1. The van der Waals surface area contributed by atoms with Gasteiger partial charge < -0.3 is 24.6 Å². The van der Waals surface area contributed by atoms with E-state index in [1.54, 1.807) is 11.7 Å². The molecule has 0 radical (unpaired) electrons. The first-order chi connectivity index (χ1) is 17.4. The molecule has 2 aromatic rings. The van der Waals surface area contributed by atoms with E-state index >= 15 is 0 Å². The summed E-state index contributed by atoms with van der Waals surface area (Å²) < 4.78 is 6.58. The largest absolute Gasteiger partial charge is 0.453 e. The number of ether oxygens (including phenoxy) is 1. The Bertz CT molecular complexity index is 1070. The lowest BCUT2D eigenvalue weighted by Gasteiger charge is -2.36. The second kappa shape index (κ2) is 11.7. The van der Waals surface area contributed by atoms with Crippen LogP contribution in [0, 0.1) is 11.8 Å². The summed E-state index contributed by atoms with van der Waals surface area (Å²) in [7, 11) is 4.90. The zero-order chi connectivity index (χ0) is 25.7. The van der Waals surface area contributed by atoms with Gasteiger partial charge in [-0.25, -0.2) is 9.78 Å². The van der Waals surface area contributed by atoms with Crippen LogP contribution >= 0.6 is 0 Å². The molecule has 0 aliphatic carbocycles. The highest BCUT2D eigenvalue weighted by Gasteiger charge is 2.29. The van der Waals surface area contributed by atoms with Gasteiger partial charge in [0.25, 0.3) is 0 Å². The second-order valence-electron chi connectivity index (χ2n) is 10.0. The van der Waals surface area contributed by atoms with Crippen LogP contribution in [-0.2, 0) is 21.4 Å². The molecule has 0 saturated carbocycles. The molecule has 2 amide bonds. The Kier molecular flexibility index (Phi) is 8.43. The first-order valence-corrected chi connectivity index (χ1v) is 13.0. The number of carbonyl (C=O) groups is 3. The molecule has 2 aromatic heterocycles. The van der Waals surface area contributed by atoms with E-state index in [0.717, 1.165) is 75.0 Å². The third kappa shape index (κ3) is 5.63. The maximum Gasteiger partial charge on any atom is 0.409 e. The summed E-state index contributed by atoms with van der Waals surface area (Å²) in [5.41, 5.74) is 1.42. The van der Waals surface area contributed by atoms with E-state index in [2.05, 4.69) is 15.3 Å². The SMILES string of the molecule is CNC(=O)C(CCC=O)c1nn(C)c2nc(N3CCC(CC4CCN(C(=O)OC)CC4)CC3)ccc12. The number of pyridine rings is 1. The molecule has 10 heteroatoms. The van der Waals surface area contributed by atoms with Crippen molar-refractivity contribution in [2.24, 2.45) is 18.9 Å². The monoisotopic (exact) mass is 498 g/mol. The fraction of sp³-hybridized carbons (Fsp3) is 0.654. The average Bonchev–Trinajstić information content (AvgIpc) is 3.24. The van der Waals surface area contributed by atoms with Gasteiger partial charge in [-0.05, 0) is 62.5 Å². The van der Waals surface area contributed by atoms with E-state index in [1.807, 2.05) is 24.1 Å². The van der Waals surface area contributed by atoms with Gasteiger partial charge in [-0.15, -0.1) is 0 Å². The molecule has 36 heavy (non-hydrogen) atoms. The highest BCUT2D eigenvalue weighted by atomic mass is 16.5. The number of aldehydes is 1. The highest BCUT2D eigenvalue weighted by molar-refractivity contribution is 5.90. The maximum atomic E-state index is 12.5. The number of aromatic nitrogens is 3. The van der Waals surface area contributed by atoms with Crippen LogP contribution in [0.5, 0.6) is 0 Å². The number of amides is 2. The molecule has 1 unspecified atom stereocenters. The Balaban J connectivity index is 1.37. The zero-order valence-electron chi connectivity index (χ0n) is 21.6. The topological polar surface area (TPSA) is 110 Å². The predicted octanol–water partition coefficient (Wildman–Crippen LogP) is 2.86. The molecule has 196 valence electrons. The molecule has 0 spiro atoms. The summed E-state index contributed by atoms with van der Waals surface area (Å²) in [6, 6.07) is 4.04. The molecule has 0 aromatic carbocycles. The molecule has 2 saturated heterocycles. The Hall–Kier alpha value is -3.17. The lowest BCUT2D eigenvalue weighted by molar-refractivity contribution is -0.122. The van der Waals surface area contributed by atoms with Crippen molar-refractivity contribution in [1.82, 2.24) is 25.0 Å². The van der Waals surface area contributed by atoms with Gasteiger partial charge >= 0.3 is 6.09 Å². The molecular formula is C26H38N6O4. The molecule has 2 aliphatic heterocycles. The fourth-order valence-electron chi connectivity index (χ4n) is 5.73. The number of carbonyl (C=O) groups excluding carboxylic acids is 3. The van der Waals surface area contributed by atoms with Gasteiger partial charge in [0.1, 0.15) is 12.1 Å². The summed E-state index contributed by atoms with van der Waals surface area (Å²) in [5.74, 6) is 1.70. The number of rotatable bonds is 8. The summed E-state index contributed by atoms with van der Waals surface area (Å²) in [5, 5.41) is 8.18. The van der Waals surface area contributed by atoms with Crippen LogP contribution in [0.1, 0.15) is 56.6 Å². The highest BCUT2D eigenvalue weighted by Crippen LogP contribution is 2.33. The molecule has 2 aliphatic rings. The van der Waals surface area contributed by atoms with Crippen LogP contribution in [0.2, 0.25) is 0 Å². The van der Waals surface area contributed by atoms with Crippen molar-refractivity contribution in [3.63, 3.8) is 0 Å². The minimum atomic E-state index is -0.480. The standard InChI is InChI=1S/C26H38N6O4/c1-27-25(34)21(5-4-16-33)23-20-6-7-22(28-24(20)30(2)29-23)31-12-8-18(9-13-31)17-19-10-14-32(15-11-19)26(35)36-3/h6-7,16,18-19,21H,4-5,8-15,17H2,1-3H3,(H,27,34). The molecule has 10 nitrogen and oxygen atoms in total. The van der Waals surface area contributed by atoms with Crippen molar-refractivity contribution in [1.29, 1.82) is 0 Å². The van der Waals surface area contributed by atoms with Gasteiger partial charge in [0.05, 0.1) is 18.7 Å². The molecule has 4 heterocycles. The van der Waals surface area contributed by atoms with Crippen molar-refractivity contribution < 1.29 is 19.1 Å². The lowest BCUT2D eigenvalue weighted by Crippen LogP contribution is -2.39. The third-order valence-electron chi connectivity index (χ3n) is 7.82. The first kappa shape index (κ1) is 25.9. The summed E-state index contributed by atoms with van der Waals surface area (Å²) in [6.07, 6.45) is 6.97. The van der Waals surface area contributed by atoms with Gasteiger partial charge in [-0.2, -0.15) is 5.10 Å². The van der Waals surface area contributed by atoms with Crippen LogP contribution in [0.3, 0.4) is 0 Å². The minimum Gasteiger partial charge on any atom is -0.453 e. The molecule has 1 atom stereocenters. The molecule has 4 rings (SSSR count). The predicted molar refractivity (Wildman–Crippen MR) is 137 cm³/mol. The van der Waals surface area contributed by atoms with E-state index in [0.29, 0.717) is 30.4 Å². The number of likely N-dealkylation sites (tertiary alicyclic amines) is 1. The number of methoxy groups -OCH3 is 1. The van der Waals surface area contributed by atoms with Crippen LogP contribution in [0.15, 0.2) is 12.1 Å². The molecule has 1 N–H and O–H groups in total. The van der Waals surface area contributed by atoms with E-state index < -0.39 is 5.92 Å². The van der Waals surface area contributed by atoms with E-state index in [-0.39, 0.29) is 12.0 Å². The molecule has 0 bridgehead atoms. The van der Waals surface area contributed by atoms with Crippen LogP contribution < -0.4 is 10.2 Å².